The van der Waals surface area contributed by atoms with Crippen molar-refractivity contribution >= 4 is 11.9 Å². The van der Waals surface area contributed by atoms with Gasteiger partial charge in [0.2, 0.25) is 0 Å². The van der Waals surface area contributed by atoms with Gasteiger partial charge in [-0.15, -0.1) is 0 Å². The van der Waals surface area contributed by atoms with Gasteiger partial charge in [0.25, 0.3) is 0 Å². The number of nitrogens with zero attached hydrogens (tertiary/aromatic N) is 2. The van der Waals surface area contributed by atoms with E-state index < -0.39 is 18.0 Å². The molecule has 0 fully saturated rings. The van der Waals surface area contributed by atoms with Gasteiger partial charge in [-0.1, -0.05) is 45.0 Å². The van der Waals surface area contributed by atoms with Crippen LogP contribution in [0.5, 0.6) is 0 Å². The van der Waals surface area contributed by atoms with E-state index in [0.717, 1.165) is 11.3 Å². The largest absolute Gasteiger partial charge is 0.481 e. The smallest absolute Gasteiger partial charge is 0.321 e. The molecule has 3 N–H and O–H groups in total. The van der Waals surface area contributed by atoms with Gasteiger partial charge in [0.15, 0.2) is 0 Å². The van der Waals surface area contributed by atoms with Crippen molar-refractivity contribution in [1.82, 2.24) is 14.9 Å². The number of hydrogen-bond acceptors (Lipinski definition) is 4. The van der Waals surface area contributed by atoms with E-state index in [-0.39, 0.29) is 12.3 Å². The van der Waals surface area contributed by atoms with Crippen molar-refractivity contribution in [1.29, 1.82) is 0 Å². The Kier molecular flexibility index (Phi) is 8.39. The molecule has 1 aromatic carbocycles. The molecule has 7 nitrogen and oxygen atoms in total. The normalized spacial score (nSPS) is 13.4. The molecule has 29 heavy (non-hydrogen) atoms. The molecular formula is C22H31N3O4. The van der Waals surface area contributed by atoms with Crippen molar-refractivity contribution in [3.63, 3.8) is 0 Å². The van der Waals surface area contributed by atoms with Crippen molar-refractivity contribution in [3.8, 4) is 0 Å². The second-order valence-corrected chi connectivity index (χ2v) is 7.95. The summed E-state index contributed by atoms with van der Waals surface area (Å²) in [6, 6.07) is 7.68. The average molecular weight is 402 g/mol. The van der Waals surface area contributed by atoms with Crippen LogP contribution in [0.3, 0.4) is 0 Å². The first-order chi connectivity index (χ1) is 13.8. The Labute approximate surface area is 171 Å². The van der Waals surface area contributed by atoms with E-state index in [4.69, 9.17) is 5.11 Å². The highest BCUT2D eigenvalue weighted by Crippen LogP contribution is 2.16. The van der Waals surface area contributed by atoms with E-state index in [9.17, 15) is 14.7 Å². The number of benzene rings is 1. The molecule has 0 aliphatic rings. The van der Waals surface area contributed by atoms with Crippen LogP contribution in [0, 0.1) is 5.92 Å². The summed E-state index contributed by atoms with van der Waals surface area (Å²) in [6.45, 7) is 7.32. The standard InChI is InChI=1S/C22H31N3O4/c1-15(2)18-7-5-17(6-8-18)13-25-14-23-12-19(25)10-20(22(28)29)24-11-16(3)4-9-21(26)27/h5-8,12,14-16,20,24H,4,9-11,13H2,1-3H3,(H,26,27)(H,28,29). The van der Waals surface area contributed by atoms with E-state index in [1.165, 1.54) is 5.56 Å². The van der Waals surface area contributed by atoms with Crippen LogP contribution in [-0.4, -0.2) is 44.3 Å². The van der Waals surface area contributed by atoms with E-state index in [1.54, 1.807) is 12.5 Å². The average Bonchev–Trinajstić information content (AvgIpc) is 3.10. The third-order valence-electron chi connectivity index (χ3n) is 5.07. The van der Waals surface area contributed by atoms with Crippen LogP contribution >= 0.6 is 0 Å². The van der Waals surface area contributed by atoms with Crippen LogP contribution in [0.4, 0.5) is 0 Å². The molecule has 1 aromatic heterocycles. The van der Waals surface area contributed by atoms with Gasteiger partial charge in [0.1, 0.15) is 6.04 Å². The molecule has 0 amide bonds. The van der Waals surface area contributed by atoms with Crippen molar-refractivity contribution in [2.75, 3.05) is 6.54 Å². The third-order valence-corrected chi connectivity index (χ3v) is 5.07. The summed E-state index contributed by atoms with van der Waals surface area (Å²) in [5.74, 6) is -1.20. The summed E-state index contributed by atoms with van der Waals surface area (Å²) in [5.41, 5.74) is 3.26. The van der Waals surface area contributed by atoms with Gasteiger partial charge >= 0.3 is 11.9 Å². The van der Waals surface area contributed by atoms with Gasteiger partial charge in [-0.05, 0) is 35.9 Å². The number of nitrogens with one attached hydrogen (secondary N) is 1. The second kappa shape index (κ2) is 10.8. The minimum Gasteiger partial charge on any atom is -0.481 e. The van der Waals surface area contributed by atoms with Crippen molar-refractivity contribution in [3.05, 3.63) is 53.6 Å². The van der Waals surface area contributed by atoms with E-state index in [0.29, 0.717) is 31.8 Å². The lowest BCUT2D eigenvalue weighted by atomic mass is 10.0. The number of rotatable bonds is 12. The van der Waals surface area contributed by atoms with Crippen LogP contribution in [0.25, 0.3) is 0 Å². The molecular weight excluding hydrogens is 370 g/mol. The summed E-state index contributed by atoms with van der Waals surface area (Å²) in [5, 5.41) is 21.4. The lowest BCUT2D eigenvalue weighted by molar-refractivity contribution is -0.140. The molecule has 2 rings (SSSR count). The number of carbonyl (C=O) groups is 2. The maximum absolute atomic E-state index is 11.7. The zero-order valence-corrected chi connectivity index (χ0v) is 17.3. The molecule has 0 aliphatic heterocycles. The lowest BCUT2D eigenvalue weighted by Crippen LogP contribution is -2.41. The van der Waals surface area contributed by atoms with Gasteiger partial charge in [-0.2, -0.15) is 0 Å². The highest BCUT2D eigenvalue weighted by Gasteiger charge is 2.20. The number of hydrogen-bond donors (Lipinski definition) is 3. The molecule has 0 saturated heterocycles. The summed E-state index contributed by atoms with van der Waals surface area (Å²) >= 11 is 0. The molecule has 0 aliphatic carbocycles. The Bertz CT molecular complexity index is 799. The Morgan fingerprint density at radius 3 is 2.41 bits per heavy atom. The summed E-state index contributed by atoms with van der Waals surface area (Å²) in [7, 11) is 0. The molecule has 2 aromatic rings. The molecule has 1 heterocycles. The van der Waals surface area contributed by atoms with Crippen molar-refractivity contribution in [2.24, 2.45) is 5.92 Å². The number of carboxylic acid groups (broad SMARTS) is 2. The molecule has 7 heteroatoms. The van der Waals surface area contributed by atoms with Gasteiger partial charge in [-0.25, -0.2) is 4.98 Å². The van der Waals surface area contributed by atoms with Gasteiger partial charge in [-0.3, -0.25) is 9.59 Å². The molecule has 2 atom stereocenters. The zero-order chi connectivity index (χ0) is 21.4. The first-order valence-corrected chi connectivity index (χ1v) is 10.0. The molecule has 2 unspecified atom stereocenters. The van der Waals surface area contributed by atoms with Crippen LogP contribution in [-0.2, 0) is 22.6 Å². The van der Waals surface area contributed by atoms with E-state index in [1.807, 2.05) is 11.5 Å². The predicted octanol–water partition coefficient (Wildman–Crippen LogP) is 3.14. The molecule has 158 valence electrons. The van der Waals surface area contributed by atoms with Gasteiger partial charge < -0.3 is 20.1 Å². The van der Waals surface area contributed by atoms with E-state index in [2.05, 4.69) is 48.4 Å². The Balaban J connectivity index is 1.98. The van der Waals surface area contributed by atoms with Crippen LogP contribution < -0.4 is 5.32 Å². The SMILES string of the molecule is CC(CCC(=O)O)CNC(Cc1cncn1Cc1ccc(C(C)C)cc1)C(=O)O. The number of aromatic nitrogens is 2. The van der Waals surface area contributed by atoms with E-state index >= 15 is 0 Å². The Morgan fingerprint density at radius 1 is 1.14 bits per heavy atom. The molecule has 0 saturated carbocycles. The second-order valence-electron chi connectivity index (χ2n) is 7.95. The number of aliphatic carboxylic acids is 2. The number of carboxylic acids is 2. The zero-order valence-electron chi connectivity index (χ0n) is 17.3. The highest BCUT2D eigenvalue weighted by atomic mass is 16.4. The molecule has 0 bridgehead atoms. The van der Waals surface area contributed by atoms with Crippen molar-refractivity contribution < 1.29 is 19.8 Å². The first-order valence-electron chi connectivity index (χ1n) is 10.0. The fourth-order valence-corrected chi connectivity index (χ4v) is 3.14. The van der Waals surface area contributed by atoms with Crippen LogP contribution in [0.1, 0.15) is 56.4 Å². The number of imidazole rings is 1. The lowest BCUT2D eigenvalue weighted by Gasteiger charge is -2.18. The van der Waals surface area contributed by atoms with Gasteiger partial charge in [0.05, 0.1) is 6.33 Å². The van der Waals surface area contributed by atoms with Crippen LogP contribution in [0.2, 0.25) is 0 Å². The third kappa shape index (κ3) is 7.34. The maximum Gasteiger partial charge on any atom is 0.321 e. The molecule has 0 radical (unpaired) electrons. The minimum absolute atomic E-state index is 0.0809. The minimum atomic E-state index is -0.926. The predicted molar refractivity (Wildman–Crippen MR) is 111 cm³/mol. The fourth-order valence-electron chi connectivity index (χ4n) is 3.14. The highest BCUT2D eigenvalue weighted by molar-refractivity contribution is 5.73. The summed E-state index contributed by atoms with van der Waals surface area (Å²) < 4.78 is 1.97. The first kappa shape index (κ1) is 22.6. The maximum atomic E-state index is 11.7. The Hall–Kier alpha value is -2.67. The van der Waals surface area contributed by atoms with Crippen molar-refractivity contribution in [2.45, 2.75) is 58.5 Å². The topological polar surface area (TPSA) is 104 Å². The summed E-state index contributed by atoms with van der Waals surface area (Å²) in [6.07, 6.45) is 4.33. The molecule has 0 spiro atoms. The quantitative estimate of drug-likeness (QED) is 0.505. The van der Waals surface area contributed by atoms with Crippen LogP contribution in [0.15, 0.2) is 36.8 Å². The monoisotopic (exact) mass is 401 g/mol. The Morgan fingerprint density at radius 2 is 1.83 bits per heavy atom. The fraction of sp³-hybridized carbons (Fsp3) is 0.500. The summed E-state index contributed by atoms with van der Waals surface area (Å²) in [4.78, 5) is 26.6. The van der Waals surface area contributed by atoms with Gasteiger partial charge in [0, 0.05) is 31.3 Å².